The first-order chi connectivity index (χ1) is 20.6. The number of nitrogens with zero attached hydrogens (tertiary/aromatic N) is 3. The lowest BCUT2D eigenvalue weighted by Crippen LogP contribution is -2.48. The van der Waals surface area contributed by atoms with E-state index in [1.165, 1.54) is 0 Å². The third kappa shape index (κ3) is 8.11. The average Bonchev–Trinajstić information content (AvgIpc) is 3.62. The van der Waals surface area contributed by atoms with Gasteiger partial charge < -0.3 is 25.5 Å². The van der Waals surface area contributed by atoms with E-state index in [0.29, 0.717) is 48.1 Å². The number of unbranched alkanes of at least 4 members (excludes halogenated alkanes) is 1. The van der Waals surface area contributed by atoms with Gasteiger partial charge in [0.25, 0.3) is 5.91 Å². The summed E-state index contributed by atoms with van der Waals surface area (Å²) < 4.78 is 36.2. The topological polar surface area (TPSA) is 180 Å². The summed E-state index contributed by atoms with van der Waals surface area (Å²) in [5.41, 5.74) is 1.99. The molecule has 4 aromatic rings. The van der Waals surface area contributed by atoms with Crippen LogP contribution in [0.15, 0.2) is 53.8 Å². The number of aromatic amines is 1. The molecule has 0 fully saturated rings. The zero-order valence-corrected chi connectivity index (χ0v) is 25.2. The lowest BCUT2D eigenvalue weighted by molar-refractivity contribution is -0.138. The predicted molar refractivity (Wildman–Crippen MR) is 162 cm³/mol. The van der Waals surface area contributed by atoms with Crippen molar-refractivity contribution in [1.82, 2.24) is 29.8 Å². The largest absolute Gasteiger partial charge is 0.494 e. The van der Waals surface area contributed by atoms with Crippen LogP contribution in [0.2, 0.25) is 0 Å². The average molecular weight is 612 g/mol. The summed E-state index contributed by atoms with van der Waals surface area (Å²) >= 11 is 0. The van der Waals surface area contributed by atoms with Crippen LogP contribution >= 0.6 is 0 Å². The van der Waals surface area contributed by atoms with Crippen LogP contribution in [0.5, 0.6) is 5.75 Å². The number of aliphatic carboxylic acids is 1. The van der Waals surface area contributed by atoms with Gasteiger partial charge in [-0.15, -0.1) is 0 Å². The molecule has 1 atom stereocenters. The number of carboxylic acids is 1. The second-order valence-corrected chi connectivity index (χ2v) is 11.8. The van der Waals surface area contributed by atoms with Gasteiger partial charge in [-0.25, -0.2) is 13.4 Å². The Morgan fingerprint density at radius 3 is 2.58 bits per heavy atom. The number of imidazole rings is 1. The maximum Gasteiger partial charge on any atom is 0.323 e. The van der Waals surface area contributed by atoms with E-state index in [0.717, 1.165) is 30.2 Å². The number of sulfonamides is 1. The van der Waals surface area contributed by atoms with Gasteiger partial charge in [-0.3, -0.25) is 14.3 Å². The number of carboxylic acid groups (broad SMARTS) is 1. The van der Waals surface area contributed by atoms with Gasteiger partial charge in [-0.2, -0.15) is 9.82 Å². The molecule has 43 heavy (non-hydrogen) atoms. The van der Waals surface area contributed by atoms with Crippen molar-refractivity contribution in [3.05, 3.63) is 65.6 Å². The number of amides is 1. The Kier molecular flexibility index (Phi) is 10.4. The molecule has 2 heterocycles. The minimum atomic E-state index is -4.23. The van der Waals surface area contributed by atoms with Crippen LogP contribution in [0.25, 0.3) is 10.9 Å². The number of hydrogen-bond donors (Lipinski definition) is 5. The lowest BCUT2D eigenvalue weighted by atomic mass is 10.1. The molecule has 1 amide bonds. The van der Waals surface area contributed by atoms with Gasteiger partial charge in [0.15, 0.2) is 5.95 Å². The fourth-order valence-corrected chi connectivity index (χ4v) is 6.32. The number of aryl methyl sites for hydroxylation is 3. The normalized spacial score (nSPS) is 12.3. The summed E-state index contributed by atoms with van der Waals surface area (Å²) in [6, 6.07) is 6.69. The van der Waals surface area contributed by atoms with Crippen LogP contribution in [0.1, 0.15) is 47.7 Å². The Morgan fingerprint density at radius 2 is 1.91 bits per heavy atom. The van der Waals surface area contributed by atoms with Gasteiger partial charge in [0.05, 0.1) is 23.2 Å². The number of carbonyl (C=O) groups is 2. The highest BCUT2D eigenvalue weighted by atomic mass is 32.2. The zero-order chi connectivity index (χ0) is 31.0. The Labute approximate surface area is 250 Å². The van der Waals surface area contributed by atoms with Gasteiger partial charge in [0.1, 0.15) is 11.8 Å². The van der Waals surface area contributed by atoms with Crippen LogP contribution in [0.3, 0.4) is 0 Å². The quantitative estimate of drug-likeness (QED) is 0.119. The number of nitrogens with one attached hydrogen (secondary N) is 4. The molecule has 0 bridgehead atoms. The smallest absolute Gasteiger partial charge is 0.323 e. The Morgan fingerprint density at radius 1 is 1.14 bits per heavy atom. The summed E-state index contributed by atoms with van der Waals surface area (Å²) in [4.78, 5) is 31.9. The predicted octanol–water partition coefficient (Wildman–Crippen LogP) is 3.22. The molecule has 0 spiro atoms. The van der Waals surface area contributed by atoms with Crippen LogP contribution in [-0.4, -0.2) is 70.9 Å². The van der Waals surface area contributed by atoms with Gasteiger partial charge in [-0.05, 0) is 68.1 Å². The summed E-state index contributed by atoms with van der Waals surface area (Å²) in [5, 5.41) is 20.6. The minimum absolute atomic E-state index is 0.0212. The van der Waals surface area contributed by atoms with Crippen molar-refractivity contribution in [2.45, 2.75) is 57.5 Å². The first-order valence-electron chi connectivity index (χ1n) is 14.0. The molecule has 0 aliphatic rings. The van der Waals surface area contributed by atoms with Crippen molar-refractivity contribution in [2.24, 2.45) is 0 Å². The SMILES string of the molecule is CCCCOc1cc(C)c(S(=O)(=O)N[C@@H](CNC(=O)c2ccc3c(cnn3CCCNc3ncc[nH]3)c2)C(=O)O)c(C)c1. The first-order valence-corrected chi connectivity index (χ1v) is 15.5. The number of anilines is 1. The summed E-state index contributed by atoms with van der Waals surface area (Å²) in [5.74, 6) is -0.708. The Hall–Kier alpha value is -4.43. The Bertz CT molecular complexity index is 1640. The van der Waals surface area contributed by atoms with E-state index in [4.69, 9.17) is 4.74 Å². The maximum absolute atomic E-state index is 13.2. The van der Waals surface area contributed by atoms with Crippen LogP contribution in [0, 0.1) is 13.8 Å². The molecule has 0 aliphatic heterocycles. The second kappa shape index (κ2) is 14.2. The molecule has 2 aromatic carbocycles. The molecule has 14 heteroatoms. The second-order valence-electron chi connectivity index (χ2n) is 10.2. The van der Waals surface area contributed by atoms with Gasteiger partial charge >= 0.3 is 5.97 Å². The zero-order valence-electron chi connectivity index (χ0n) is 24.4. The molecule has 0 saturated carbocycles. The van der Waals surface area contributed by atoms with Crippen molar-refractivity contribution in [1.29, 1.82) is 0 Å². The van der Waals surface area contributed by atoms with Crippen molar-refractivity contribution in [2.75, 3.05) is 25.0 Å². The molecule has 0 radical (unpaired) electrons. The Balaban J connectivity index is 1.37. The van der Waals surface area contributed by atoms with Crippen LogP contribution < -0.4 is 20.1 Å². The fourth-order valence-electron chi connectivity index (χ4n) is 4.68. The lowest BCUT2D eigenvalue weighted by Gasteiger charge is -2.19. The number of fused-ring (bicyclic) bond motifs is 1. The van der Waals surface area contributed by atoms with Crippen molar-refractivity contribution in [3.63, 3.8) is 0 Å². The van der Waals surface area contributed by atoms with Crippen molar-refractivity contribution in [3.8, 4) is 5.75 Å². The molecule has 2 aromatic heterocycles. The molecule has 13 nitrogen and oxygen atoms in total. The van der Waals surface area contributed by atoms with E-state index in [1.807, 2.05) is 11.6 Å². The minimum Gasteiger partial charge on any atom is -0.494 e. The number of benzene rings is 2. The standard InChI is InChI=1S/C29H37N7O6S/c1-4-5-13-42-23-14-19(2)26(20(3)15-23)43(40,41)35-24(28(38)39)18-33-27(37)21-7-8-25-22(16-21)17-34-36(25)12-6-9-30-29-31-10-11-32-29/h7-8,10-11,14-17,24,35H,4-6,9,12-13,18H2,1-3H3,(H,33,37)(H,38,39)(H2,30,31,32)/t24-/m0/s1. The molecule has 230 valence electrons. The number of ether oxygens (including phenoxy) is 1. The monoisotopic (exact) mass is 611 g/mol. The van der Waals surface area contributed by atoms with E-state index in [9.17, 15) is 23.1 Å². The van der Waals surface area contributed by atoms with Crippen LogP contribution in [0.4, 0.5) is 5.95 Å². The number of aromatic nitrogens is 4. The van der Waals surface area contributed by atoms with E-state index >= 15 is 0 Å². The third-order valence-corrected chi connectivity index (χ3v) is 8.55. The van der Waals surface area contributed by atoms with Gasteiger partial charge in [-0.1, -0.05) is 13.3 Å². The highest BCUT2D eigenvalue weighted by Gasteiger charge is 2.28. The van der Waals surface area contributed by atoms with E-state index in [2.05, 4.69) is 30.4 Å². The fraction of sp³-hybridized carbons (Fsp3) is 0.379. The van der Waals surface area contributed by atoms with Crippen LogP contribution in [-0.2, 0) is 21.4 Å². The van der Waals surface area contributed by atoms with Gasteiger partial charge in [0.2, 0.25) is 10.0 Å². The highest BCUT2D eigenvalue weighted by Crippen LogP contribution is 2.26. The number of carbonyl (C=O) groups excluding carboxylic acids is 1. The number of H-pyrrole nitrogens is 1. The van der Waals surface area contributed by atoms with E-state index in [1.54, 1.807) is 62.8 Å². The number of rotatable bonds is 16. The number of hydrogen-bond acceptors (Lipinski definition) is 8. The van der Waals surface area contributed by atoms with Crippen molar-refractivity contribution < 1.29 is 27.9 Å². The molecule has 0 saturated heterocycles. The molecule has 5 N–H and O–H groups in total. The molecule has 0 aliphatic carbocycles. The highest BCUT2D eigenvalue weighted by molar-refractivity contribution is 7.89. The summed E-state index contributed by atoms with van der Waals surface area (Å²) in [6.45, 7) is 6.70. The molecular formula is C29H37N7O6S. The third-order valence-electron chi connectivity index (χ3n) is 6.77. The first kappa shape index (κ1) is 31.5. The summed E-state index contributed by atoms with van der Waals surface area (Å²) in [6.07, 6.45) is 7.70. The molecule has 0 unspecified atom stereocenters. The van der Waals surface area contributed by atoms with E-state index in [-0.39, 0.29) is 4.90 Å². The van der Waals surface area contributed by atoms with E-state index < -0.39 is 34.5 Å². The van der Waals surface area contributed by atoms with Gasteiger partial charge in [0, 0.05) is 43.0 Å². The molecular weight excluding hydrogens is 574 g/mol. The summed E-state index contributed by atoms with van der Waals surface area (Å²) in [7, 11) is -4.23. The molecule has 4 rings (SSSR count). The maximum atomic E-state index is 13.2. The van der Waals surface area contributed by atoms with Crippen molar-refractivity contribution >= 4 is 38.8 Å².